The van der Waals surface area contributed by atoms with Crippen LogP contribution in [-0.4, -0.2) is 47.5 Å². The standard InChI is InChI=1S/C6H14NO2.CHF3O3S/c1-6(2,3)7(8)5-9-4;2-1(3,4)8(5,6)7/h5,8H,1-4H3;(H,5,6,7)/q+1;/p-1/b7-5-;. The Hall–Kier alpha value is -1.03. The summed E-state index contributed by atoms with van der Waals surface area (Å²) in [6, 6.07) is 0. The maximum atomic E-state index is 10.7. The van der Waals surface area contributed by atoms with E-state index in [4.69, 9.17) is 18.2 Å². The normalized spacial score (nSPS) is 13.8. The van der Waals surface area contributed by atoms with Gasteiger partial charge in [0.15, 0.2) is 10.1 Å². The van der Waals surface area contributed by atoms with Gasteiger partial charge >= 0.3 is 11.9 Å². The van der Waals surface area contributed by atoms with Gasteiger partial charge in [0.25, 0.3) is 0 Å². The molecule has 0 aromatic rings. The number of halogens is 3. The average Bonchev–Trinajstić information content (AvgIpc) is 1.99. The third-order valence-corrected chi connectivity index (χ3v) is 1.74. The van der Waals surface area contributed by atoms with Crippen molar-refractivity contribution in [1.82, 2.24) is 0 Å². The summed E-state index contributed by atoms with van der Waals surface area (Å²) in [6.07, 6.45) is 1.26. The second kappa shape index (κ2) is 6.05. The summed E-state index contributed by atoms with van der Waals surface area (Å²) in [5, 5.41) is 9.04. The first-order valence-electron chi connectivity index (χ1n) is 4.10. The van der Waals surface area contributed by atoms with Gasteiger partial charge in [0.1, 0.15) is 0 Å². The molecule has 10 heteroatoms. The van der Waals surface area contributed by atoms with Gasteiger partial charge in [0.2, 0.25) is 5.54 Å². The monoisotopic (exact) mass is 281 g/mol. The zero-order chi connectivity index (χ0) is 14.5. The molecule has 0 amide bonds. The minimum Gasteiger partial charge on any atom is -0.741 e. The summed E-state index contributed by atoms with van der Waals surface area (Å²) in [6.45, 7) is 5.63. The molecule has 0 bridgehead atoms. The Labute approximate surface area is 97.0 Å². The molecule has 0 rings (SSSR count). The van der Waals surface area contributed by atoms with Crippen LogP contribution in [0.2, 0.25) is 0 Å². The third kappa shape index (κ3) is 8.74. The van der Waals surface area contributed by atoms with Crippen LogP contribution >= 0.6 is 0 Å². The summed E-state index contributed by atoms with van der Waals surface area (Å²) in [5.74, 6) is 0. The van der Waals surface area contributed by atoms with Crippen LogP contribution in [0.3, 0.4) is 0 Å². The molecule has 0 heterocycles. The summed E-state index contributed by atoms with van der Waals surface area (Å²) in [4.78, 5) is 0. The molecular weight excluding hydrogens is 267 g/mol. The minimum absolute atomic E-state index is 0.282. The van der Waals surface area contributed by atoms with Crippen molar-refractivity contribution < 1.29 is 40.8 Å². The Morgan fingerprint density at radius 2 is 1.59 bits per heavy atom. The quantitative estimate of drug-likeness (QED) is 0.147. The van der Waals surface area contributed by atoms with E-state index in [0.717, 1.165) is 4.74 Å². The van der Waals surface area contributed by atoms with Crippen LogP contribution in [0.15, 0.2) is 0 Å². The number of rotatable bonds is 1. The second-order valence-corrected chi connectivity index (χ2v) is 5.13. The highest BCUT2D eigenvalue weighted by molar-refractivity contribution is 7.86. The molecule has 0 fully saturated rings. The van der Waals surface area contributed by atoms with E-state index in [-0.39, 0.29) is 5.54 Å². The Balaban J connectivity index is 0. The van der Waals surface area contributed by atoms with Crippen LogP contribution < -0.4 is 0 Å². The second-order valence-electron chi connectivity index (χ2n) is 3.76. The van der Waals surface area contributed by atoms with Gasteiger partial charge in [-0.3, -0.25) is 5.21 Å². The van der Waals surface area contributed by atoms with Gasteiger partial charge in [-0.05, 0) is 0 Å². The fourth-order valence-electron chi connectivity index (χ4n) is 0.258. The maximum absolute atomic E-state index is 10.7. The van der Waals surface area contributed by atoms with Crippen LogP contribution in [0, 0.1) is 0 Å². The van der Waals surface area contributed by atoms with Crippen molar-refractivity contribution in [3.8, 4) is 0 Å². The molecule has 0 aliphatic heterocycles. The van der Waals surface area contributed by atoms with E-state index in [1.807, 2.05) is 20.8 Å². The largest absolute Gasteiger partial charge is 0.741 e. The molecule has 17 heavy (non-hydrogen) atoms. The van der Waals surface area contributed by atoms with Gasteiger partial charge in [-0.25, -0.2) is 8.42 Å². The van der Waals surface area contributed by atoms with E-state index < -0.39 is 15.6 Å². The van der Waals surface area contributed by atoms with Crippen molar-refractivity contribution in [3.63, 3.8) is 0 Å². The number of alkyl halides is 3. The average molecular weight is 281 g/mol. The van der Waals surface area contributed by atoms with Gasteiger partial charge < -0.3 is 9.29 Å². The van der Waals surface area contributed by atoms with Crippen molar-refractivity contribution in [2.75, 3.05) is 7.11 Å². The molecule has 104 valence electrons. The third-order valence-electron chi connectivity index (χ3n) is 1.18. The summed E-state index contributed by atoms with van der Waals surface area (Å²) >= 11 is 0. The first-order chi connectivity index (χ1) is 7.23. The van der Waals surface area contributed by atoms with Crippen LogP contribution in [0.25, 0.3) is 0 Å². The number of hydrogen-bond donors (Lipinski definition) is 1. The molecule has 0 aromatic carbocycles. The molecule has 0 atom stereocenters. The van der Waals surface area contributed by atoms with Crippen LogP contribution in [0.5, 0.6) is 0 Å². The van der Waals surface area contributed by atoms with Crippen molar-refractivity contribution in [1.29, 1.82) is 0 Å². The number of ether oxygens (including phenoxy) is 1. The van der Waals surface area contributed by atoms with E-state index in [9.17, 15) is 13.2 Å². The van der Waals surface area contributed by atoms with Gasteiger partial charge in [-0.2, -0.15) is 13.2 Å². The van der Waals surface area contributed by atoms with E-state index >= 15 is 0 Å². The Morgan fingerprint density at radius 3 is 1.65 bits per heavy atom. The Bertz CT molecular complexity index is 355. The van der Waals surface area contributed by atoms with Gasteiger partial charge in [-0.15, -0.1) is 0 Å². The highest BCUT2D eigenvalue weighted by Gasteiger charge is 2.36. The first kappa shape index (κ1) is 18.3. The molecule has 0 saturated heterocycles. The Kier molecular flexibility index (Phi) is 6.53. The number of methoxy groups -OCH3 is 1. The highest BCUT2D eigenvalue weighted by Crippen LogP contribution is 2.20. The lowest BCUT2D eigenvalue weighted by Crippen LogP contribution is -2.31. The van der Waals surface area contributed by atoms with Crippen molar-refractivity contribution in [3.05, 3.63) is 0 Å². The predicted octanol–water partition coefficient (Wildman–Crippen LogP) is 0.913. The minimum atomic E-state index is -6.09. The molecule has 0 unspecified atom stereocenters. The lowest BCUT2D eigenvalue weighted by molar-refractivity contribution is -0.820. The van der Waals surface area contributed by atoms with E-state index in [0.29, 0.717) is 0 Å². The van der Waals surface area contributed by atoms with Crippen LogP contribution in [0.1, 0.15) is 20.8 Å². The fourth-order valence-corrected chi connectivity index (χ4v) is 0.258. The zero-order valence-electron chi connectivity index (χ0n) is 9.65. The molecule has 0 radical (unpaired) electrons. The molecule has 0 aliphatic carbocycles. The number of hydrogen-bond acceptors (Lipinski definition) is 5. The molecular formula is C7H14F3NO5S. The smallest absolute Gasteiger partial charge is 0.485 e. The maximum Gasteiger partial charge on any atom is 0.485 e. The van der Waals surface area contributed by atoms with E-state index in [1.165, 1.54) is 13.5 Å². The number of nitrogens with zero attached hydrogens (tertiary/aromatic N) is 1. The first-order valence-corrected chi connectivity index (χ1v) is 5.51. The Morgan fingerprint density at radius 1 is 1.29 bits per heavy atom. The molecule has 1 N–H and O–H groups in total. The lowest BCUT2D eigenvalue weighted by atomic mass is 10.1. The van der Waals surface area contributed by atoms with Gasteiger partial charge in [0, 0.05) is 25.5 Å². The lowest BCUT2D eigenvalue weighted by Gasteiger charge is -2.08. The fraction of sp³-hybridized carbons (Fsp3) is 0.857. The molecule has 0 aromatic heterocycles. The van der Waals surface area contributed by atoms with Crippen molar-refractivity contribution in [2.24, 2.45) is 0 Å². The van der Waals surface area contributed by atoms with Crippen molar-refractivity contribution >= 4 is 16.5 Å². The van der Waals surface area contributed by atoms with Gasteiger partial charge in [-0.1, -0.05) is 0 Å². The van der Waals surface area contributed by atoms with Crippen molar-refractivity contribution in [2.45, 2.75) is 31.8 Å². The summed E-state index contributed by atoms with van der Waals surface area (Å²) < 4.78 is 64.5. The SMILES string of the molecule is CO/C=[N+](\O)C(C)(C)C.O=S(=O)([O-])C(F)(F)F. The molecule has 0 spiro atoms. The number of hydroxylamine groups is 1. The van der Waals surface area contributed by atoms with Crippen LogP contribution in [0.4, 0.5) is 13.2 Å². The topological polar surface area (TPSA) is 89.7 Å². The van der Waals surface area contributed by atoms with Crippen LogP contribution in [-0.2, 0) is 14.9 Å². The molecule has 0 saturated carbocycles. The zero-order valence-corrected chi connectivity index (χ0v) is 10.5. The van der Waals surface area contributed by atoms with Gasteiger partial charge in [0.05, 0.1) is 7.11 Å². The molecule has 0 aliphatic rings. The van der Waals surface area contributed by atoms with E-state index in [1.54, 1.807) is 0 Å². The highest BCUT2D eigenvalue weighted by atomic mass is 32.2. The summed E-state index contributed by atoms with van der Waals surface area (Å²) in [7, 11) is -4.60. The predicted molar refractivity (Wildman–Crippen MR) is 50.6 cm³/mol. The molecule has 6 nitrogen and oxygen atoms in total. The summed E-state index contributed by atoms with van der Waals surface area (Å²) in [5.41, 5.74) is -5.93. The van der Waals surface area contributed by atoms with E-state index in [2.05, 4.69) is 4.74 Å².